The number of rotatable bonds is 2. The van der Waals surface area contributed by atoms with Crippen LogP contribution in [0.4, 0.5) is 15.8 Å². The quantitative estimate of drug-likeness (QED) is 0.626. The normalized spacial score (nSPS) is 10.7. The highest BCUT2D eigenvalue weighted by atomic mass is 19.1. The number of aromatic amines is 1. The van der Waals surface area contributed by atoms with E-state index in [1.54, 1.807) is 6.07 Å². The second-order valence-corrected chi connectivity index (χ2v) is 4.30. The molecule has 3 rings (SSSR count). The number of amides is 1. The van der Waals surface area contributed by atoms with Gasteiger partial charge in [-0.15, -0.1) is 0 Å². The second kappa shape index (κ2) is 4.65. The van der Waals surface area contributed by atoms with E-state index in [1.807, 2.05) is 18.2 Å². The van der Waals surface area contributed by atoms with E-state index >= 15 is 0 Å². The number of hydrogen-bond acceptors (Lipinski definition) is 3. The summed E-state index contributed by atoms with van der Waals surface area (Å²) < 4.78 is 13.0. The minimum absolute atomic E-state index is 0.165. The number of nitrogens with zero attached hydrogens (tertiary/aromatic N) is 1. The number of nitrogens with two attached hydrogens (primary N) is 1. The van der Waals surface area contributed by atoms with Crippen LogP contribution >= 0.6 is 0 Å². The summed E-state index contributed by atoms with van der Waals surface area (Å²) in [6.45, 7) is 0. The second-order valence-electron chi connectivity index (χ2n) is 4.30. The molecule has 0 spiro atoms. The van der Waals surface area contributed by atoms with Crippen LogP contribution in [0.2, 0.25) is 0 Å². The number of H-pyrrole nitrogens is 1. The number of para-hydroxylation sites is 1. The predicted molar refractivity (Wildman–Crippen MR) is 74.9 cm³/mol. The standard InChI is InChI=1S/C14H11FN4O/c15-8-5-6-12(10(16)7-8)17-14(20)13-9-3-1-2-4-11(9)18-19-13/h1-7H,16H2,(H,17,20)(H,18,19). The van der Waals surface area contributed by atoms with E-state index in [-0.39, 0.29) is 11.4 Å². The molecule has 0 saturated carbocycles. The van der Waals surface area contributed by atoms with Gasteiger partial charge in [0.25, 0.3) is 5.91 Å². The van der Waals surface area contributed by atoms with Gasteiger partial charge in [0, 0.05) is 5.39 Å². The smallest absolute Gasteiger partial charge is 0.276 e. The molecule has 0 bridgehead atoms. The molecule has 0 aliphatic heterocycles. The van der Waals surface area contributed by atoms with Crippen molar-refractivity contribution in [2.75, 3.05) is 11.1 Å². The molecule has 0 aliphatic rings. The molecular formula is C14H11FN4O. The van der Waals surface area contributed by atoms with Gasteiger partial charge in [-0.1, -0.05) is 18.2 Å². The molecule has 0 aliphatic carbocycles. The summed E-state index contributed by atoms with van der Waals surface area (Å²) >= 11 is 0. The summed E-state index contributed by atoms with van der Waals surface area (Å²) in [6.07, 6.45) is 0. The minimum Gasteiger partial charge on any atom is -0.397 e. The lowest BCUT2D eigenvalue weighted by atomic mass is 10.2. The van der Waals surface area contributed by atoms with Crippen LogP contribution in [0.3, 0.4) is 0 Å². The van der Waals surface area contributed by atoms with E-state index in [2.05, 4.69) is 15.5 Å². The van der Waals surface area contributed by atoms with Crippen molar-refractivity contribution in [1.29, 1.82) is 0 Å². The van der Waals surface area contributed by atoms with Gasteiger partial charge in [-0.05, 0) is 24.3 Å². The van der Waals surface area contributed by atoms with Crippen LogP contribution in [-0.2, 0) is 0 Å². The molecule has 0 unspecified atom stereocenters. The molecule has 6 heteroatoms. The van der Waals surface area contributed by atoms with Crippen LogP contribution in [0.5, 0.6) is 0 Å². The lowest BCUT2D eigenvalue weighted by molar-refractivity contribution is 0.102. The summed E-state index contributed by atoms with van der Waals surface area (Å²) in [4.78, 5) is 12.2. The van der Waals surface area contributed by atoms with Crippen molar-refractivity contribution in [3.8, 4) is 0 Å². The Kier molecular flexibility index (Phi) is 2.83. The van der Waals surface area contributed by atoms with E-state index in [9.17, 15) is 9.18 Å². The molecule has 100 valence electrons. The predicted octanol–water partition coefficient (Wildman–Crippen LogP) is 2.54. The molecule has 1 heterocycles. The van der Waals surface area contributed by atoms with E-state index < -0.39 is 11.7 Å². The van der Waals surface area contributed by atoms with Crippen LogP contribution in [0.1, 0.15) is 10.5 Å². The number of aromatic nitrogens is 2. The van der Waals surface area contributed by atoms with Crippen molar-refractivity contribution in [3.05, 3.63) is 54.0 Å². The summed E-state index contributed by atoms with van der Waals surface area (Å²) in [5, 5.41) is 10.1. The maximum Gasteiger partial charge on any atom is 0.276 e. The molecule has 0 radical (unpaired) electrons. The molecule has 0 saturated heterocycles. The number of hydrogen-bond donors (Lipinski definition) is 3. The Morgan fingerprint density at radius 2 is 2.05 bits per heavy atom. The summed E-state index contributed by atoms with van der Waals surface area (Å²) in [5.41, 5.74) is 7.20. The first-order valence-corrected chi connectivity index (χ1v) is 5.94. The maximum absolute atomic E-state index is 13.0. The van der Waals surface area contributed by atoms with Gasteiger partial charge in [0.1, 0.15) is 5.82 Å². The molecule has 2 aromatic carbocycles. The zero-order valence-electron chi connectivity index (χ0n) is 10.4. The van der Waals surface area contributed by atoms with Gasteiger partial charge in [0.2, 0.25) is 0 Å². The third-order valence-corrected chi connectivity index (χ3v) is 2.95. The fourth-order valence-electron chi connectivity index (χ4n) is 1.97. The number of carbonyl (C=O) groups excluding carboxylic acids is 1. The topological polar surface area (TPSA) is 83.8 Å². The Morgan fingerprint density at radius 3 is 2.85 bits per heavy atom. The van der Waals surface area contributed by atoms with Gasteiger partial charge in [-0.2, -0.15) is 5.10 Å². The Hall–Kier alpha value is -2.89. The highest BCUT2D eigenvalue weighted by Crippen LogP contribution is 2.21. The number of carbonyl (C=O) groups is 1. The number of nitrogen functional groups attached to an aromatic ring is 1. The highest BCUT2D eigenvalue weighted by molar-refractivity contribution is 6.11. The van der Waals surface area contributed by atoms with Crippen molar-refractivity contribution in [1.82, 2.24) is 10.2 Å². The Bertz CT molecular complexity index is 797. The number of benzene rings is 2. The molecular weight excluding hydrogens is 259 g/mol. The molecule has 5 nitrogen and oxygen atoms in total. The number of nitrogens with one attached hydrogen (secondary N) is 2. The third-order valence-electron chi connectivity index (χ3n) is 2.95. The van der Waals surface area contributed by atoms with Gasteiger partial charge < -0.3 is 11.1 Å². The van der Waals surface area contributed by atoms with Crippen molar-refractivity contribution >= 4 is 28.2 Å². The van der Waals surface area contributed by atoms with Gasteiger partial charge >= 0.3 is 0 Å². The summed E-state index contributed by atoms with van der Waals surface area (Å²) in [7, 11) is 0. The molecule has 0 fully saturated rings. The van der Waals surface area contributed by atoms with Crippen molar-refractivity contribution in [2.45, 2.75) is 0 Å². The first-order valence-electron chi connectivity index (χ1n) is 5.94. The van der Waals surface area contributed by atoms with Crippen LogP contribution < -0.4 is 11.1 Å². The fraction of sp³-hybridized carbons (Fsp3) is 0. The first-order chi connectivity index (χ1) is 9.65. The van der Waals surface area contributed by atoms with Gasteiger partial charge in [-0.25, -0.2) is 4.39 Å². The van der Waals surface area contributed by atoms with E-state index in [1.165, 1.54) is 12.1 Å². The molecule has 20 heavy (non-hydrogen) atoms. The highest BCUT2D eigenvalue weighted by Gasteiger charge is 2.14. The zero-order valence-corrected chi connectivity index (χ0v) is 10.4. The third kappa shape index (κ3) is 2.07. The van der Waals surface area contributed by atoms with Crippen LogP contribution in [0, 0.1) is 5.82 Å². The average molecular weight is 270 g/mol. The molecule has 3 aromatic rings. The largest absolute Gasteiger partial charge is 0.397 e. The summed E-state index contributed by atoms with van der Waals surface area (Å²) in [6, 6.07) is 11.1. The maximum atomic E-state index is 13.0. The van der Waals surface area contributed by atoms with E-state index in [0.29, 0.717) is 11.1 Å². The molecule has 1 aromatic heterocycles. The molecule has 0 atom stereocenters. The Balaban J connectivity index is 1.93. The number of halogens is 1. The average Bonchev–Trinajstić information content (AvgIpc) is 2.86. The Labute approximate surface area is 113 Å². The van der Waals surface area contributed by atoms with Crippen LogP contribution in [0.25, 0.3) is 10.9 Å². The van der Waals surface area contributed by atoms with Gasteiger partial charge in [0.05, 0.1) is 16.9 Å². The molecule has 4 N–H and O–H groups in total. The van der Waals surface area contributed by atoms with Crippen molar-refractivity contribution < 1.29 is 9.18 Å². The number of fused-ring (bicyclic) bond motifs is 1. The monoisotopic (exact) mass is 270 g/mol. The first kappa shape index (κ1) is 12.2. The van der Waals surface area contributed by atoms with Crippen molar-refractivity contribution in [3.63, 3.8) is 0 Å². The lowest BCUT2D eigenvalue weighted by Crippen LogP contribution is -2.14. The minimum atomic E-state index is -0.453. The van der Waals surface area contributed by atoms with Gasteiger partial charge in [0.15, 0.2) is 5.69 Å². The van der Waals surface area contributed by atoms with E-state index in [0.717, 1.165) is 11.6 Å². The zero-order chi connectivity index (χ0) is 14.1. The van der Waals surface area contributed by atoms with Crippen LogP contribution in [-0.4, -0.2) is 16.1 Å². The fourth-order valence-corrected chi connectivity index (χ4v) is 1.97. The van der Waals surface area contributed by atoms with E-state index in [4.69, 9.17) is 5.73 Å². The van der Waals surface area contributed by atoms with Crippen LogP contribution in [0.15, 0.2) is 42.5 Å². The summed E-state index contributed by atoms with van der Waals surface area (Å²) in [5.74, 6) is -0.855. The van der Waals surface area contributed by atoms with Crippen molar-refractivity contribution in [2.24, 2.45) is 0 Å². The Morgan fingerprint density at radius 1 is 1.25 bits per heavy atom. The molecule has 1 amide bonds. The van der Waals surface area contributed by atoms with Gasteiger partial charge in [-0.3, -0.25) is 9.89 Å². The lowest BCUT2D eigenvalue weighted by Gasteiger charge is -2.06. The number of anilines is 2. The SMILES string of the molecule is Nc1cc(F)ccc1NC(=O)c1n[nH]c2ccccc12.